The summed E-state index contributed by atoms with van der Waals surface area (Å²) >= 11 is 0. The fraction of sp³-hybridized carbons (Fsp3) is 0.194. The maximum absolute atomic E-state index is 13.8. The Labute approximate surface area is 239 Å². The summed E-state index contributed by atoms with van der Waals surface area (Å²) in [5, 5.41) is 37.0. The first kappa shape index (κ1) is 28.7. The van der Waals surface area contributed by atoms with Crippen LogP contribution in [0.2, 0.25) is 0 Å². The Morgan fingerprint density at radius 3 is 2.00 bits per heavy atom. The summed E-state index contributed by atoms with van der Waals surface area (Å²) in [6.07, 6.45) is -4.58. The van der Waals surface area contributed by atoms with Gasteiger partial charge in [-0.3, -0.25) is 19.0 Å². The molecule has 11 heteroatoms. The summed E-state index contributed by atoms with van der Waals surface area (Å²) in [5.41, 5.74) is -6.09. The van der Waals surface area contributed by atoms with E-state index in [1.54, 1.807) is 54.6 Å². The van der Waals surface area contributed by atoms with Crippen molar-refractivity contribution in [2.75, 3.05) is 5.32 Å². The third-order valence-corrected chi connectivity index (χ3v) is 7.28. The van der Waals surface area contributed by atoms with E-state index in [2.05, 4.69) is 10.3 Å². The van der Waals surface area contributed by atoms with Gasteiger partial charge in [-0.25, -0.2) is 4.79 Å². The van der Waals surface area contributed by atoms with Crippen LogP contribution in [-0.4, -0.2) is 59.7 Å². The number of benzene rings is 3. The number of ketones is 2. The second kappa shape index (κ2) is 11.2. The van der Waals surface area contributed by atoms with E-state index in [0.717, 1.165) is 17.7 Å². The first-order valence-electron chi connectivity index (χ1n) is 13.0. The zero-order valence-electron chi connectivity index (χ0n) is 22.3. The molecule has 2 heterocycles. The van der Waals surface area contributed by atoms with Gasteiger partial charge in [0.1, 0.15) is 17.5 Å². The number of hydrogen-bond donors (Lipinski definition) is 4. The minimum absolute atomic E-state index is 0.0408. The standard InChI is InChI=1S/C31H27N3O8/c1-30(40)28(34-18-17-22(33-29(34)39)32-27(38)21-15-9-4-10-16-21)42-26(24(36)23(35)19-11-5-2-6-12-19)31(30,41)25(37)20-13-7-3-8-14-20/h2-18,23,26,28,35,40-41H,1H3,(H,32,33,38,39)/t23?,26-,28-,30-,31-/m1/s1. The highest BCUT2D eigenvalue weighted by Gasteiger charge is 2.70. The Hall–Kier alpha value is -4.81. The number of ether oxygens (including phenoxy) is 1. The monoisotopic (exact) mass is 569 g/mol. The number of aromatic nitrogens is 2. The van der Waals surface area contributed by atoms with Crippen LogP contribution >= 0.6 is 0 Å². The average Bonchev–Trinajstić information content (AvgIpc) is 3.23. The molecule has 1 aromatic heterocycles. The molecular formula is C31H27N3O8. The smallest absolute Gasteiger partial charge is 0.351 e. The van der Waals surface area contributed by atoms with Gasteiger partial charge in [0.05, 0.1) is 0 Å². The fourth-order valence-electron chi connectivity index (χ4n) is 4.96. The van der Waals surface area contributed by atoms with Gasteiger partial charge in [0.2, 0.25) is 5.78 Å². The molecule has 0 spiro atoms. The minimum atomic E-state index is -2.94. The number of aliphatic hydroxyl groups excluding tert-OH is 1. The van der Waals surface area contributed by atoms with Crippen LogP contribution in [0.1, 0.15) is 45.5 Å². The van der Waals surface area contributed by atoms with E-state index in [9.17, 15) is 34.5 Å². The topological polar surface area (TPSA) is 168 Å². The van der Waals surface area contributed by atoms with Gasteiger partial charge in [0.25, 0.3) is 5.91 Å². The number of hydrogen-bond acceptors (Lipinski definition) is 9. The molecule has 1 aliphatic rings. The second-order valence-corrected chi connectivity index (χ2v) is 10.0. The van der Waals surface area contributed by atoms with E-state index in [1.165, 1.54) is 42.5 Å². The van der Waals surface area contributed by atoms with Gasteiger partial charge in [-0.15, -0.1) is 0 Å². The van der Waals surface area contributed by atoms with Crippen molar-refractivity contribution in [3.8, 4) is 0 Å². The molecule has 11 nitrogen and oxygen atoms in total. The molecule has 3 aromatic carbocycles. The van der Waals surface area contributed by atoms with Crippen molar-refractivity contribution < 1.29 is 34.4 Å². The number of carbonyl (C=O) groups excluding carboxylic acids is 3. The number of anilines is 1. The summed E-state index contributed by atoms with van der Waals surface area (Å²) in [6.45, 7) is 1.05. The van der Waals surface area contributed by atoms with Crippen LogP contribution in [0.15, 0.2) is 108 Å². The summed E-state index contributed by atoms with van der Waals surface area (Å²) in [4.78, 5) is 56.8. The lowest BCUT2D eigenvalue weighted by molar-refractivity contribution is -0.148. The zero-order valence-corrected chi connectivity index (χ0v) is 22.3. The largest absolute Gasteiger partial charge is 0.382 e. The molecule has 0 saturated carbocycles. The molecule has 214 valence electrons. The van der Waals surface area contributed by atoms with E-state index in [0.29, 0.717) is 5.56 Å². The number of nitrogens with zero attached hydrogens (tertiary/aromatic N) is 2. The summed E-state index contributed by atoms with van der Waals surface area (Å²) < 4.78 is 6.60. The van der Waals surface area contributed by atoms with Crippen molar-refractivity contribution in [3.05, 3.63) is 130 Å². The lowest BCUT2D eigenvalue weighted by atomic mass is 9.74. The lowest BCUT2D eigenvalue weighted by Crippen LogP contribution is -2.63. The van der Waals surface area contributed by atoms with Gasteiger partial charge >= 0.3 is 5.69 Å². The molecule has 4 N–H and O–H groups in total. The molecule has 1 unspecified atom stereocenters. The van der Waals surface area contributed by atoms with Crippen molar-refractivity contribution in [1.82, 2.24) is 9.55 Å². The summed E-state index contributed by atoms with van der Waals surface area (Å²) in [5.74, 6) is -2.79. The van der Waals surface area contributed by atoms with Crippen LogP contribution in [0.4, 0.5) is 5.82 Å². The average molecular weight is 570 g/mol. The van der Waals surface area contributed by atoms with Gasteiger partial charge in [-0.2, -0.15) is 4.98 Å². The maximum Gasteiger partial charge on any atom is 0.351 e. The van der Waals surface area contributed by atoms with Crippen LogP contribution in [0.5, 0.6) is 0 Å². The van der Waals surface area contributed by atoms with Gasteiger partial charge in [-0.05, 0) is 30.7 Å². The number of carbonyl (C=O) groups is 3. The van der Waals surface area contributed by atoms with E-state index in [1.807, 2.05) is 0 Å². The Balaban J connectivity index is 1.53. The van der Waals surface area contributed by atoms with Crippen molar-refractivity contribution in [2.24, 2.45) is 0 Å². The fourth-order valence-corrected chi connectivity index (χ4v) is 4.96. The highest BCUT2D eigenvalue weighted by molar-refractivity contribution is 6.08. The number of aliphatic hydroxyl groups is 3. The number of Topliss-reactive ketones (excluding diaryl/α,β-unsaturated/α-hetero) is 2. The molecule has 5 rings (SSSR count). The minimum Gasteiger partial charge on any atom is -0.382 e. The summed E-state index contributed by atoms with van der Waals surface area (Å²) in [6, 6.07) is 24.8. The Bertz CT molecular complexity index is 1670. The molecule has 4 aromatic rings. The molecule has 1 fully saturated rings. The number of amides is 1. The molecular weight excluding hydrogens is 542 g/mol. The molecule has 1 amide bonds. The highest BCUT2D eigenvalue weighted by atomic mass is 16.6. The Morgan fingerprint density at radius 2 is 1.43 bits per heavy atom. The second-order valence-electron chi connectivity index (χ2n) is 10.0. The van der Waals surface area contributed by atoms with Gasteiger partial charge in [0.15, 0.2) is 23.7 Å². The van der Waals surface area contributed by atoms with E-state index < -0.39 is 52.8 Å². The van der Waals surface area contributed by atoms with E-state index in [4.69, 9.17) is 4.74 Å². The third kappa shape index (κ3) is 4.95. The summed E-state index contributed by atoms with van der Waals surface area (Å²) in [7, 11) is 0. The van der Waals surface area contributed by atoms with Crippen LogP contribution in [0.25, 0.3) is 0 Å². The zero-order chi connectivity index (χ0) is 30.1. The van der Waals surface area contributed by atoms with Gasteiger partial charge < -0.3 is 25.4 Å². The predicted octanol–water partition coefficient (Wildman–Crippen LogP) is 2.06. The number of nitrogens with one attached hydrogen (secondary N) is 1. The third-order valence-electron chi connectivity index (χ3n) is 7.28. The van der Waals surface area contributed by atoms with Crippen LogP contribution < -0.4 is 11.0 Å². The first-order chi connectivity index (χ1) is 20.1. The van der Waals surface area contributed by atoms with Crippen molar-refractivity contribution in [2.45, 2.75) is 36.6 Å². The molecule has 1 aliphatic heterocycles. The number of rotatable bonds is 8. The predicted molar refractivity (Wildman–Crippen MR) is 150 cm³/mol. The van der Waals surface area contributed by atoms with Crippen molar-refractivity contribution in [1.29, 1.82) is 0 Å². The molecule has 5 atom stereocenters. The van der Waals surface area contributed by atoms with E-state index >= 15 is 0 Å². The maximum atomic E-state index is 13.8. The quantitative estimate of drug-likeness (QED) is 0.232. The molecule has 0 aliphatic carbocycles. The van der Waals surface area contributed by atoms with Crippen molar-refractivity contribution in [3.63, 3.8) is 0 Å². The SMILES string of the molecule is C[C@@]1(O)[C@H](n2ccc(NC(=O)c3ccccc3)nc2=O)O[C@H](C(=O)C(O)c2ccccc2)[C@]1(O)C(=O)c1ccccc1. The Morgan fingerprint density at radius 1 is 0.881 bits per heavy atom. The molecule has 0 radical (unpaired) electrons. The first-order valence-corrected chi connectivity index (χ1v) is 13.0. The highest BCUT2D eigenvalue weighted by Crippen LogP contribution is 2.48. The normalized spacial score (nSPS) is 24.1. The molecule has 1 saturated heterocycles. The van der Waals surface area contributed by atoms with Gasteiger partial charge in [0, 0.05) is 17.3 Å². The van der Waals surface area contributed by atoms with Crippen LogP contribution in [0.3, 0.4) is 0 Å². The molecule has 0 bridgehead atoms. The van der Waals surface area contributed by atoms with Crippen LogP contribution in [-0.2, 0) is 9.53 Å². The van der Waals surface area contributed by atoms with Crippen molar-refractivity contribution >= 4 is 23.3 Å². The van der Waals surface area contributed by atoms with Crippen LogP contribution in [0, 0.1) is 0 Å². The van der Waals surface area contributed by atoms with E-state index in [-0.39, 0.29) is 16.9 Å². The Kier molecular flexibility index (Phi) is 7.67. The lowest BCUT2D eigenvalue weighted by Gasteiger charge is -2.37. The van der Waals surface area contributed by atoms with Gasteiger partial charge in [-0.1, -0.05) is 78.9 Å². The molecule has 42 heavy (non-hydrogen) atoms.